The molecule has 110 valence electrons. The summed E-state index contributed by atoms with van der Waals surface area (Å²) in [5, 5.41) is 2.85. The number of benzene rings is 2. The Morgan fingerprint density at radius 2 is 2.00 bits per heavy atom. The summed E-state index contributed by atoms with van der Waals surface area (Å²) in [6.45, 7) is -2.95. The van der Waals surface area contributed by atoms with Crippen LogP contribution in [0.25, 0.3) is 0 Å². The molecule has 2 rings (SSSR count). The molecule has 2 aromatic rings. The maximum Gasteiger partial charge on any atom is 0.387 e. The van der Waals surface area contributed by atoms with Crippen LogP contribution in [0.4, 0.5) is 20.2 Å². The van der Waals surface area contributed by atoms with Gasteiger partial charge in [-0.25, -0.2) is 0 Å². The molecule has 0 spiro atoms. The third kappa shape index (κ3) is 4.06. The molecule has 0 aliphatic rings. The third-order valence-corrected chi connectivity index (χ3v) is 2.88. The summed E-state index contributed by atoms with van der Waals surface area (Å²) in [7, 11) is 0. The predicted molar refractivity (Wildman–Crippen MR) is 76.9 cm³/mol. The third-order valence-electron chi connectivity index (χ3n) is 2.56. The Kier molecular flexibility index (Phi) is 4.59. The molecule has 0 heterocycles. The Labute approximate surface area is 124 Å². The number of carbonyl (C=O) groups is 1. The van der Waals surface area contributed by atoms with Crippen LogP contribution in [0.3, 0.4) is 0 Å². The first-order valence-corrected chi connectivity index (χ1v) is 6.25. The lowest BCUT2D eigenvalue weighted by atomic mass is 10.2. The van der Waals surface area contributed by atoms with Crippen LogP contribution in [-0.4, -0.2) is 12.5 Å². The zero-order chi connectivity index (χ0) is 15.4. The van der Waals surface area contributed by atoms with Gasteiger partial charge in [0.1, 0.15) is 5.75 Å². The number of hydrogen-bond donors (Lipinski definition) is 2. The number of alkyl halides is 2. The van der Waals surface area contributed by atoms with Gasteiger partial charge in [0.25, 0.3) is 5.91 Å². The smallest absolute Gasteiger partial charge is 0.387 e. The summed E-state index contributed by atoms with van der Waals surface area (Å²) in [5.74, 6) is -0.595. The van der Waals surface area contributed by atoms with E-state index in [0.29, 0.717) is 11.4 Å². The largest absolute Gasteiger partial charge is 0.435 e. The topological polar surface area (TPSA) is 64.3 Å². The number of halogens is 3. The van der Waals surface area contributed by atoms with E-state index >= 15 is 0 Å². The van der Waals surface area contributed by atoms with E-state index in [1.165, 1.54) is 30.3 Å². The van der Waals surface area contributed by atoms with Crippen molar-refractivity contribution in [2.75, 3.05) is 11.1 Å². The number of rotatable bonds is 4. The highest BCUT2D eigenvalue weighted by Gasteiger charge is 2.11. The molecular formula is C14H11ClF2N2O2. The number of nitrogens with two attached hydrogens (primary N) is 1. The van der Waals surface area contributed by atoms with Gasteiger partial charge in [-0.1, -0.05) is 17.7 Å². The van der Waals surface area contributed by atoms with Gasteiger partial charge in [0.05, 0.1) is 10.7 Å². The van der Waals surface area contributed by atoms with E-state index in [0.717, 1.165) is 0 Å². The van der Waals surface area contributed by atoms with Crippen molar-refractivity contribution in [1.29, 1.82) is 0 Å². The molecule has 7 heteroatoms. The molecule has 0 aliphatic carbocycles. The van der Waals surface area contributed by atoms with E-state index < -0.39 is 12.5 Å². The van der Waals surface area contributed by atoms with E-state index in [1.807, 2.05) is 0 Å². The summed E-state index contributed by atoms with van der Waals surface area (Å²) < 4.78 is 28.5. The van der Waals surface area contributed by atoms with Crippen molar-refractivity contribution < 1.29 is 18.3 Å². The summed E-state index contributed by atoms with van der Waals surface area (Å²) in [6.07, 6.45) is 0. The fraction of sp³-hybridized carbons (Fsp3) is 0.0714. The van der Waals surface area contributed by atoms with Crippen molar-refractivity contribution in [2.45, 2.75) is 6.61 Å². The molecular weight excluding hydrogens is 302 g/mol. The number of amides is 1. The van der Waals surface area contributed by atoms with E-state index in [-0.39, 0.29) is 16.3 Å². The average Bonchev–Trinajstić information content (AvgIpc) is 2.41. The van der Waals surface area contributed by atoms with Gasteiger partial charge in [-0.05, 0) is 36.4 Å². The van der Waals surface area contributed by atoms with Crippen LogP contribution in [0.2, 0.25) is 5.02 Å². The van der Waals surface area contributed by atoms with Gasteiger partial charge in [0.15, 0.2) is 0 Å². The van der Waals surface area contributed by atoms with Gasteiger partial charge in [-0.15, -0.1) is 0 Å². The van der Waals surface area contributed by atoms with Crippen LogP contribution in [0.5, 0.6) is 5.75 Å². The fourth-order valence-corrected chi connectivity index (χ4v) is 1.88. The van der Waals surface area contributed by atoms with Crippen LogP contribution in [0.15, 0.2) is 42.5 Å². The minimum absolute atomic E-state index is 0.0962. The molecule has 0 radical (unpaired) electrons. The molecule has 3 N–H and O–H groups in total. The molecule has 0 saturated heterocycles. The second-order valence-electron chi connectivity index (χ2n) is 4.10. The van der Waals surface area contributed by atoms with Crippen molar-refractivity contribution in [2.24, 2.45) is 0 Å². The van der Waals surface area contributed by atoms with Gasteiger partial charge in [0, 0.05) is 11.3 Å². The average molecular weight is 313 g/mol. The Bertz CT molecular complexity index is 665. The highest BCUT2D eigenvalue weighted by Crippen LogP contribution is 2.25. The van der Waals surface area contributed by atoms with Crippen LogP contribution in [0.1, 0.15) is 10.4 Å². The first-order valence-electron chi connectivity index (χ1n) is 5.87. The molecule has 2 aromatic carbocycles. The fourth-order valence-electron chi connectivity index (χ4n) is 1.64. The van der Waals surface area contributed by atoms with Crippen LogP contribution >= 0.6 is 11.6 Å². The summed E-state index contributed by atoms with van der Waals surface area (Å²) in [6, 6.07) is 10.1. The molecule has 0 bridgehead atoms. The lowest BCUT2D eigenvalue weighted by Crippen LogP contribution is -2.12. The molecule has 0 unspecified atom stereocenters. The molecule has 1 amide bonds. The van der Waals surface area contributed by atoms with Crippen LogP contribution in [0, 0.1) is 0 Å². The monoisotopic (exact) mass is 312 g/mol. The van der Waals surface area contributed by atoms with Crippen molar-refractivity contribution in [1.82, 2.24) is 0 Å². The summed E-state index contributed by atoms with van der Waals surface area (Å²) in [5.41, 5.74) is 6.55. The predicted octanol–water partition coefficient (Wildman–Crippen LogP) is 3.78. The van der Waals surface area contributed by atoms with Crippen molar-refractivity contribution in [3.63, 3.8) is 0 Å². The number of nitrogen functional groups attached to an aromatic ring is 1. The number of anilines is 2. The number of hydrogen-bond acceptors (Lipinski definition) is 3. The number of nitrogens with one attached hydrogen (secondary N) is 1. The molecule has 0 atom stereocenters. The van der Waals surface area contributed by atoms with Crippen LogP contribution < -0.4 is 15.8 Å². The minimum Gasteiger partial charge on any atom is -0.435 e. The Morgan fingerprint density at radius 1 is 1.24 bits per heavy atom. The second-order valence-corrected chi connectivity index (χ2v) is 4.51. The van der Waals surface area contributed by atoms with Crippen LogP contribution in [-0.2, 0) is 0 Å². The molecule has 4 nitrogen and oxygen atoms in total. The zero-order valence-corrected chi connectivity index (χ0v) is 11.4. The summed E-state index contributed by atoms with van der Waals surface area (Å²) in [4.78, 5) is 12.0. The first kappa shape index (κ1) is 15.1. The maximum absolute atomic E-state index is 12.1. The Hall–Kier alpha value is -2.34. The number of ether oxygens (including phenoxy) is 1. The molecule has 21 heavy (non-hydrogen) atoms. The highest BCUT2D eigenvalue weighted by molar-refractivity contribution is 6.34. The second kappa shape index (κ2) is 6.41. The SMILES string of the molecule is Nc1ccc(NC(=O)c2cccc(OC(F)F)c2)c(Cl)c1. The maximum atomic E-state index is 12.1. The summed E-state index contributed by atoms with van der Waals surface area (Å²) >= 11 is 5.94. The number of carbonyl (C=O) groups excluding carboxylic acids is 1. The first-order chi connectivity index (χ1) is 9.95. The van der Waals surface area contributed by atoms with Gasteiger partial charge in [-0.2, -0.15) is 8.78 Å². The van der Waals surface area contributed by atoms with E-state index in [9.17, 15) is 13.6 Å². The quantitative estimate of drug-likeness (QED) is 0.845. The normalized spacial score (nSPS) is 10.5. The highest BCUT2D eigenvalue weighted by atomic mass is 35.5. The van der Waals surface area contributed by atoms with Gasteiger partial charge >= 0.3 is 6.61 Å². The van der Waals surface area contributed by atoms with E-state index in [1.54, 1.807) is 12.1 Å². The van der Waals surface area contributed by atoms with Gasteiger partial charge in [-0.3, -0.25) is 4.79 Å². The molecule has 0 saturated carbocycles. The lowest BCUT2D eigenvalue weighted by Gasteiger charge is -2.09. The Morgan fingerprint density at radius 3 is 2.67 bits per heavy atom. The molecule has 0 aliphatic heterocycles. The van der Waals surface area contributed by atoms with Crippen molar-refractivity contribution in [3.05, 3.63) is 53.1 Å². The minimum atomic E-state index is -2.95. The van der Waals surface area contributed by atoms with Crippen molar-refractivity contribution >= 4 is 28.9 Å². The lowest BCUT2D eigenvalue weighted by molar-refractivity contribution is -0.0498. The molecule has 0 fully saturated rings. The standard InChI is InChI=1S/C14H11ClF2N2O2/c15-11-7-9(18)4-5-12(11)19-13(20)8-2-1-3-10(6-8)21-14(16)17/h1-7,14H,18H2,(H,19,20). The van der Waals surface area contributed by atoms with Gasteiger partial charge < -0.3 is 15.8 Å². The molecule has 0 aromatic heterocycles. The van der Waals surface area contributed by atoms with E-state index in [2.05, 4.69) is 10.1 Å². The Balaban J connectivity index is 2.16. The van der Waals surface area contributed by atoms with E-state index in [4.69, 9.17) is 17.3 Å². The van der Waals surface area contributed by atoms with Gasteiger partial charge in [0.2, 0.25) is 0 Å². The zero-order valence-electron chi connectivity index (χ0n) is 10.6. The van der Waals surface area contributed by atoms with Crippen molar-refractivity contribution in [3.8, 4) is 5.75 Å².